The molecule has 2 aromatic carbocycles. The highest BCUT2D eigenvalue weighted by atomic mass is 32.1. The van der Waals surface area contributed by atoms with Crippen LogP contribution in [0.2, 0.25) is 0 Å². The number of hydrogen-bond acceptors (Lipinski definition) is 6. The van der Waals surface area contributed by atoms with Crippen LogP contribution in [-0.2, 0) is 0 Å². The number of nitro benzene ring substituents is 1. The summed E-state index contributed by atoms with van der Waals surface area (Å²) in [6.07, 6.45) is 1.93. The van der Waals surface area contributed by atoms with E-state index in [9.17, 15) is 19.7 Å². The summed E-state index contributed by atoms with van der Waals surface area (Å²) in [5.74, 6) is -1.04. The Balaban J connectivity index is 1.69. The summed E-state index contributed by atoms with van der Waals surface area (Å²) < 4.78 is 0. The molecule has 31 heavy (non-hydrogen) atoms. The quantitative estimate of drug-likeness (QED) is 0.364. The number of nitrogens with one attached hydrogen (secondary N) is 2. The summed E-state index contributed by atoms with van der Waals surface area (Å²) in [6.45, 7) is 3.64. The van der Waals surface area contributed by atoms with Gasteiger partial charge in [0.05, 0.1) is 10.5 Å². The number of nitrogens with zero attached hydrogens (tertiary/aromatic N) is 2. The molecule has 0 unspecified atom stereocenters. The molecule has 0 bridgehead atoms. The van der Waals surface area contributed by atoms with Crippen molar-refractivity contribution in [3.8, 4) is 0 Å². The summed E-state index contributed by atoms with van der Waals surface area (Å²) in [6, 6.07) is 10.2. The standard InChI is InChI=1S/C21H22N4O5S/c1-13-8-10-24(11-9-13)17-7-4-15(12-18(17)25(29)30)19(26)23-21(31)22-16-5-2-14(3-6-16)20(27)28/h2-7,12-13H,8-11H2,1H3,(H,27,28)(H2,22,23,26,31). The molecule has 1 aliphatic heterocycles. The van der Waals surface area contributed by atoms with Crippen LogP contribution in [0.5, 0.6) is 0 Å². The van der Waals surface area contributed by atoms with Crippen LogP contribution in [-0.4, -0.2) is 40.1 Å². The second kappa shape index (κ2) is 9.52. The van der Waals surface area contributed by atoms with Crippen molar-refractivity contribution in [2.24, 2.45) is 5.92 Å². The summed E-state index contributed by atoms with van der Waals surface area (Å²) in [5.41, 5.74) is 1.12. The van der Waals surface area contributed by atoms with E-state index in [-0.39, 0.29) is 21.9 Å². The number of carboxylic acid groups (broad SMARTS) is 1. The van der Waals surface area contributed by atoms with Gasteiger partial charge in [0.15, 0.2) is 5.11 Å². The molecular weight excluding hydrogens is 420 g/mol. The minimum absolute atomic E-state index is 0.00942. The number of anilines is 2. The maximum absolute atomic E-state index is 12.5. The van der Waals surface area contributed by atoms with Gasteiger partial charge in [0, 0.05) is 30.4 Å². The number of thiocarbonyl (C=S) groups is 1. The molecule has 0 atom stereocenters. The Kier molecular flexibility index (Phi) is 6.81. The van der Waals surface area contributed by atoms with Gasteiger partial charge in [-0.2, -0.15) is 0 Å². The minimum Gasteiger partial charge on any atom is -0.478 e. The van der Waals surface area contributed by atoms with E-state index in [1.165, 1.54) is 30.3 Å². The van der Waals surface area contributed by atoms with Gasteiger partial charge in [-0.15, -0.1) is 0 Å². The van der Waals surface area contributed by atoms with Gasteiger partial charge in [-0.3, -0.25) is 20.2 Å². The molecule has 1 aliphatic rings. The van der Waals surface area contributed by atoms with Crippen molar-refractivity contribution in [2.45, 2.75) is 19.8 Å². The van der Waals surface area contributed by atoms with Gasteiger partial charge in [0.1, 0.15) is 5.69 Å². The van der Waals surface area contributed by atoms with E-state index in [2.05, 4.69) is 17.6 Å². The zero-order valence-electron chi connectivity index (χ0n) is 16.8. The molecule has 0 saturated carbocycles. The maximum atomic E-state index is 12.5. The lowest BCUT2D eigenvalue weighted by atomic mass is 9.98. The van der Waals surface area contributed by atoms with E-state index in [4.69, 9.17) is 17.3 Å². The first-order valence-corrected chi connectivity index (χ1v) is 10.1. The van der Waals surface area contributed by atoms with E-state index in [0.29, 0.717) is 17.3 Å². The van der Waals surface area contributed by atoms with Gasteiger partial charge >= 0.3 is 5.97 Å². The zero-order chi connectivity index (χ0) is 22.5. The van der Waals surface area contributed by atoms with Crippen molar-refractivity contribution in [2.75, 3.05) is 23.3 Å². The molecule has 0 aliphatic carbocycles. The fourth-order valence-corrected chi connectivity index (χ4v) is 3.57. The predicted molar refractivity (Wildman–Crippen MR) is 121 cm³/mol. The van der Waals surface area contributed by atoms with E-state index in [1.54, 1.807) is 12.1 Å². The summed E-state index contributed by atoms with van der Waals surface area (Å²) in [5, 5.41) is 25.8. The van der Waals surface area contributed by atoms with E-state index in [1.807, 2.05) is 4.90 Å². The number of aromatic carboxylic acids is 1. The molecule has 1 fully saturated rings. The topological polar surface area (TPSA) is 125 Å². The van der Waals surface area contributed by atoms with Crippen LogP contribution in [0.1, 0.15) is 40.5 Å². The first-order valence-electron chi connectivity index (χ1n) is 9.73. The van der Waals surface area contributed by atoms with Gasteiger partial charge in [-0.1, -0.05) is 6.92 Å². The summed E-state index contributed by atoms with van der Waals surface area (Å²) >= 11 is 5.12. The third-order valence-electron chi connectivity index (χ3n) is 5.18. The molecule has 1 saturated heterocycles. The number of rotatable bonds is 5. The molecule has 0 radical (unpaired) electrons. The van der Waals surface area contributed by atoms with Crippen molar-refractivity contribution >= 4 is 46.3 Å². The van der Waals surface area contributed by atoms with Gasteiger partial charge in [-0.25, -0.2) is 4.79 Å². The Morgan fingerprint density at radius 1 is 1.13 bits per heavy atom. The molecule has 10 heteroatoms. The van der Waals surface area contributed by atoms with Crippen molar-refractivity contribution in [3.63, 3.8) is 0 Å². The molecule has 1 amide bonds. The van der Waals surface area contributed by atoms with Crippen LogP contribution in [0.25, 0.3) is 0 Å². The number of carboxylic acids is 1. The third kappa shape index (κ3) is 5.54. The smallest absolute Gasteiger partial charge is 0.335 e. The predicted octanol–water partition coefficient (Wildman–Crippen LogP) is 3.66. The Bertz CT molecular complexity index is 1020. The number of carbonyl (C=O) groups is 2. The van der Waals surface area contributed by atoms with Crippen molar-refractivity contribution in [1.29, 1.82) is 0 Å². The molecule has 0 spiro atoms. The van der Waals surface area contributed by atoms with Crippen LogP contribution >= 0.6 is 12.2 Å². The Morgan fingerprint density at radius 2 is 1.74 bits per heavy atom. The highest BCUT2D eigenvalue weighted by molar-refractivity contribution is 7.80. The van der Waals surface area contributed by atoms with Crippen LogP contribution < -0.4 is 15.5 Å². The number of piperidine rings is 1. The molecule has 162 valence electrons. The van der Waals surface area contributed by atoms with Crippen molar-refractivity contribution in [1.82, 2.24) is 5.32 Å². The zero-order valence-corrected chi connectivity index (χ0v) is 17.6. The van der Waals surface area contributed by atoms with Crippen LogP contribution in [0, 0.1) is 16.0 Å². The monoisotopic (exact) mass is 442 g/mol. The first kappa shape index (κ1) is 22.2. The van der Waals surface area contributed by atoms with Crippen molar-refractivity contribution < 1.29 is 19.6 Å². The van der Waals surface area contributed by atoms with E-state index < -0.39 is 16.8 Å². The minimum atomic E-state index is -1.05. The summed E-state index contributed by atoms with van der Waals surface area (Å²) in [4.78, 5) is 36.5. The van der Waals surface area contributed by atoms with Crippen LogP contribution in [0.4, 0.5) is 17.1 Å². The Hall–Kier alpha value is -3.53. The van der Waals surface area contributed by atoms with E-state index >= 15 is 0 Å². The second-order valence-electron chi connectivity index (χ2n) is 7.42. The molecular formula is C21H22N4O5S. The first-order chi connectivity index (χ1) is 14.7. The number of nitro groups is 1. The third-order valence-corrected chi connectivity index (χ3v) is 5.38. The average molecular weight is 442 g/mol. The lowest BCUT2D eigenvalue weighted by Crippen LogP contribution is -2.35. The van der Waals surface area contributed by atoms with Crippen molar-refractivity contribution in [3.05, 3.63) is 63.7 Å². The lowest BCUT2D eigenvalue weighted by molar-refractivity contribution is -0.384. The number of carbonyl (C=O) groups excluding carboxylic acids is 1. The van der Waals surface area contributed by atoms with Crippen LogP contribution in [0.3, 0.4) is 0 Å². The lowest BCUT2D eigenvalue weighted by Gasteiger charge is -2.31. The average Bonchev–Trinajstić information content (AvgIpc) is 2.74. The highest BCUT2D eigenvalue weighted by Gasteiger charge is 2.25. The highest BCUT2D eigenvalue weighted by Crippen LogP contribution is 2.32. The molecule has 1 heterocycles. The fourth-order valence-electron chi connectivity index (χ4n) is 3.36. The fraction of sp³-hybridized carbons (Fsp3) is 0.286. The number of amides is 1. The van der Waals surface area contributed by atoms with Gasteiger partial charge < -0.3 is 15.3 Å². The normalized spacial score (nSPS) is 14.0. The van der Waals surface area contributed by atoms with Gasteiger partial charge in [0.2, 0.25) is 0 Å². The largest absolute Gasteiger partial charge is 0.478 e. The second-order valence-corrected chi connectivity index (χ2v) is 7.83. The summed E-state index contributed by atoms with van der Waals surface area (Å²) in [7, 11) is 0. The Morgan fingerprint density at radius 3 is 2.32 bits per heavy atom. The van der Waals surface area contributed by atoms with Crippen LogP contribution in [0.15, 0.2) is 42.5 Å². The SMILES string of the molecule is CC1CCN(c2ccc(C(=O)NC(=S)Nc3ccc(C(=O)O)cc3)cc2[N+](=O)[O-])CC1. The molecule has 3 N–H and O–H groups in total. The maximum Gasteiger partial charge on any atom is 0.335 e. The Labute approximate surface area is 184 Å². The number of hydrogen-bond donors (Lipinski definition) is 3. The van der Waals surface area contributed by atoms with Gasteiger partial charge in [-0.05, 0) is 67.4 Å². The number of benzene rings is 2. The molecule has 3 rings (SSSR count). The van der Waals surface area contributed by atoms with Gasteiger partial charge in [0.25, 0.3) is 11.6 Å². The molecule has 9 nitrogen and oxygen atoms in total. The molecule has 2 aromatic rings. The van der Waals surface area contributed by atoms with E-state index in [0.717, 1.165) is 25.9 Å². The molecule has 0 aromatic heterocycles.